The third-order valence-corrected chi connectivity index (χ3v) is 5.78. The van der Waals surface area contributed by atoms with Gasteiger partial charge in [-0.05, 0) is 48.7 Å². The van der Waals surface area contributed by atoms with Gasteiger partial charge in [0.2, 0.25) is 0 Å². The predicted molar refractivity (Wildman–Crippen MR) is 89.0 cm³/mol. The maximum Gasteiger partial charge on any atom is 0.180 e. The summed E-state index contributed by atoms with van der Waals surface area (Å²) in [5.74, 6) is -0.105. The van der Waals surface area contributed by atoms with Crippen molar-refractivity contribution in [2.45, 2.75) is 24.8 Å². The van der Waals surface area contributed by atoms with Crippen LogP contribution in [0.4, 0.5) is 0 Å². The lowest BCUT2D eigenvalue weighted by atomic mass is 10.0. The van der Waals surface area contributed by atoms with Crippen LogP contribution in [0.3, 0.4) is 0 Å². The highest BCUT2D eigenvalue weighted by molar-refractivity contribution is 9.10. The van der Waals surface area contributed by atoms with Gasteiger partial charge in [-0.2, -0.15) is 0 Å². The first-order chi connectivity index (χ1) is 9.79. The molecule has 0 aliphatic carbocycles. The lowest BCUT2D eigenvalue weighted by molar-refractivity contribution is 0.589. The largest absolute Gasteiger partial charge is 0.323 e. The Labute approximate surface area is 134 Å². The molecular weight excluding hydrogens is 350 g/mol. The minimum atomic E-state index is -3.41. The number of rotatable bonds is 4. The van der Waals surface area contributed by atoms with E-state index in [9.17, 15) is 8.42 Å². The molecule has 3 nitrogen and oxygen atoms in total. The molecule has 0 spiro atoms. The van der Waals surface area contributed by atoms with Crippen LogP contribution in [0.1, 0.15) is 22.7 Å². The highest BCUT2D eigenvalue weighted by atomic mass is 79.9. The van der Waals surface area contributed by atoms with Crippen molar-refractivity contribution in [3.05, 3.63) is 63.6 Å². The maximum absolute atomic E-state index is 12.4. The van der Waals surface area contributed by atoms with Crippen LogP contribution in [0.15, 0.2) is 51.8 Å². The summed E-state index contributed by atoms with van der Waals surface area (Å²) in [4.78, 5) is 0.288. The highest BCUT2D eigenvalue weighted by Crippen LogP contribution is 2.22. The van der Waals surface area contributed by atoms with Crippen LogP contribution in [0.5, 0.6) is 0 Å². The summed E-state index contributed by atoms with van der Waals surface area (Å²) in [7, 11) is -3.41. The van der Waals surface area contributed by atoms with Gasteiger partial charge < -0.3 is 5.73 Å². The molecule has 2 aromatic rings. The molecule has 112 valence electrons. The maximum atomic E-state index is 12.4. The Kier molecular flexibility index (Phi) is 4.86. The van der Waals surface area contributed by atoms with Gasteiger partial charge in [0.05, 0.1) is 10.6 Å². The van der Waals surface area contributed by atoms with Crippen LogP contribution in [-0.4, -0.2) is 14.2 Å². The zero-order valence-corrected chi connectivity index (χ0v) is 14.4. The van der Waals surface area contributed by atoms with Crippen LogP contribution in [0, 0.1) is 13.8 Å². The summed E-state index contributed by atoms with van der Waals surface area (Å²) in [5, 5.41) is 0. The van der Waals surface area contributed by atoms with E-state index in [-0.39, 0.29) is 10.6 Å². The molecule has 0 radical (unpaired) electrons. The summed E-state index contributed by atoms with van der Waals surface area (Å²) >= 11 is 3.29. The van der Waals surface area contributed by atoms with Crippen molar-refractivity contribution in [2.24, 2.45) is 5.73 Å². The second-order valence-electron chi connectivity index (χ2n) is 5.19. The molecule has 0 fully saturated rings. The first-order valence-electron chi connectivity index (χ1n) is 6.60. The quantitative estimate of drug-likeness (QED) is 0.898. The summed E-state index contributed by atoms with van der Waals surface area (Å²) < 4.78 is 25.6. The Morgan fingerprint density at radius 2 is 1.81 bits per heavy atom. The summed E-state index contributed by atoms with van der Waals surface area (Å²) in [6.07, 6.45) is 0. The molecule has 0 aliphatic heterocycles. The number of sulfone groups is 1. The molecule has 2 N–H and O–H groups in total. The van der Waals surface area contributed by atoms with Crippen LogP contribution in [0.25, 0.3) is 0 Å². The van der Waals surface area contributed by atoms with Gasteiger partial charge in [0.1, 0.15) is 0 Å². The topological polar surface area (TPSA) is 60.2 Å². The van der Waals surface area contributed by atoms with E-state index >= 15 is 0 Å². The lowest BCUT2D eigenvalue weighted by Gasteiger charge is -2.14. The Morgan fingerprint density at radius 3 is 2.43 bits per heavy atom. The normalized spacial score (nSPS) is 13.1. The third-order valence-electron chi connectivity index (χ3n) is 3.51. The SMILES string of the molecule is Cc1ccc(C(N)CS(=O)(=O)c2cccc(Br)c2)cc1C. The monoisotopic (exact) mass is 367 g/mol. The minimum absolute atomic E-state index is 0.105. The van der Waals surface area contributed by atoms with Crippen LogP contribution < -0.4 is 5.73 Å². The molecule has 0 aliphatic rings. The number of hydrogen-bond donors (Lipinski definition) is 1. The Hall–Kier alpha value is -1.17. The zero-order valence-electron chi connectivity index (χ0n) is 12.0. The first kappa shape index (κ1) is 16.2. The van der Waals surface area contributed by atoms with E-state index in [4.69, 9.17) is 5.73 Å². The van der Waals surface area contributed by atoms with E-state index in [1.807, 2.05) is 32.0 Å². The summed E-state index contributed by atoms with van der Waals surface area (Å²) in [6, 6.07) is 12.0. The fourth-order valence-corrected chi connectivity index (χ4v) is 4.09. The minimum Gasteiger partial charge on any atom is -0.323 e. The van der Waals surface area contributed by atoms with E-state index in [2.05, 4.69) is 15.9 Å². The molecule has 5 heteroatoms. The molecule has 1 atom stereocenters. The highest BCUT2D eigenvalue weighted by Gasteiger charge is 2.20. The van der Waals surface area contributed by atoms with Crippen molar-refractivity contribution >= 4 is 25.8 Å². The van der Waals surface area contributed by atoms with Crippen LogP contribution in [-0.2, 0) is 9.84 Å². The second kappa shape index (κ2) is 6.30. The molecule has 2 rings (SSSR count). The van der Waals surface area contributed by atoms with Gasteiger partial charge in [-0.15, -0.1) is 0 Å². The fourth-order valence-electron chi connectivity index (χ4n) is 2.08. The number of benzene rings is 2. The molecule has 0 aromatic heterocycles. The molecule has 1 unspecified atom stereocenters. The Balaban J connectivity index is 2.25. The average Bonchev–Trinajstić information content (AvgIpc) is 2.41. The Morgan fingerprint density at radius 1 is 1.10 bits per heavy atom. The third kappa shape index (κ3) is 3.93. The Bertz CT molecular complexity index is 757. The molecule has 2 aromatic carbocycles. The number of nitrogens with two attached hydrogens (primary N) is 1. The smallest absolute Gasteiger partial charge is 0.180 e. The molecular formula is C16H18BrNO2S. The van der Waals surface area contributed by atoms with Crippen molar-refractivity contribution in [3.63, 3.8) is 0 Å². The molecule has 0 bridgehead atoms. The van der Waals surface area contributed by atoms with E-state index in [1.165, 1.54) is 5.56 Å². The van der Waals surface area contributed by atoms with Gasteiger partial charge in [-0.1, -0.05) is 40.2 Å². The van der Waals surface area contributed by atoms with E-state index < -0.39 is 15.9 Å². The summed E-state index contributed by atoms with van der Waals surface area (Å²) in [5.41, 5.74) is 9.21. The zero-order chi connectivity index (χ0) is 15.6. The van der Waals surface area contributed by atoms with Gasteiger partial charge in [0, 0.05) is 10.5 Å². The second-order valence-corrected chi connectivity index (χ2v) is 8.14. The molecule has 0 amide bonds. The van der Waals surface area contributed by atoms with Crippen LogP contribution in [0.2, 0.25) is 0 Å². The van der Waals surface area contributed by atoms with Crippen molar-refractivity contribution in [3.8, 4) is 0 Å². The van der Waals surface area contributed by atoms with E-state index in [0.29, 0.717) is 0 Å². The van der Waals surface area contributed by atoms with Crippen LogP contribution >= 0.6 is 15.9 Å². The lowest BCUT2D eigenvalue weighted by Crippen LogP contribution is -2.22. The average molecular weight is 368 g/mol. The number of halogens is 1. The van der Waals surface area contributed by atoms with Gasteiger partial charge in [0.25, 0.3) is 0 Å². The predicted octanol–water partition coefficient (Wildman–Crippen LogP) is 3.54. The van der Waals surface area contributed by atoms with Crippen molar-refractivity contribution in [1.29, 1.82) is 0 Å². The number of aryl methyl sites for hydroxylation is 2. The van der Waals surface area contributed by atoms with Gasteiger partial charge in [-0.3, -0.25) is 0 Å². The van der Waals surface area contributed by atoms with Gasteiger partial charge in [-0.25, -0.2) is 8.42 Å². The number of hydrogen-bond acceptors (Lipinski definition) is 3. The van der Waals surface area contributed by atoms with Crippen molar-refractivity contribution in [2.75, 3.05) is 5.75 Å². The first-order valence-corrected chi connectivity index (χ1v) is 9.05. The van der Waals surface area contributed by atoms with Crippen molar-refractivity contribution in [1.82, 2.24) is 0 Å². The van der Waals surface area contributed by atoms with Crippen molar-refractivity contribution < 1.29 is 8.42 Å². The standard InChI is InChI=1S/C16H18BrNO2S/c1-11-6-7-13(8-12(11)2)16(18)10-21(19,20)15-5-3-4-14(17)9-15/h3-9,16H,10,18H2,1-2H3. The summed E-state index contributed by atoms with van der Waals surface area (Å²) in [6.45, 7) is 4.01. The molecule has 21 heavy (non-hydrogen) atoms. The van der Waals surface area contributed by atoms with E-state index in [1.54, 1.807) is 24.3 Å². The van der Waals surface area contributed by atoms with Gasteiger partial charge in [0.15, 0.2) is 9.84 Å². The molecule has 0 saturated carbocycles. The molecule has 0 saturated heterocycles. The fraction of sp³-hybridized carbons (Fsp3) is 0.250. The van der Waals surface area contributed by atoms with E-state index in [0.717, 1.165) is 15.6 Å². The molecule has 0 heterocycles. The van der Waals surface area contributed by atoms with Gasteiger partial charge >= 0.3 is 0 Å².